The summed E-state index contributed by atoms with van der Waals surface area (Å²) in [7, 11) is -3.63. The number of sulfonamides is 1. The van der Waals surface area contributed by atoms with Gasteiger partial charge in [-0.25, -0.2) is 13.1 Å². The lowest BCUT2D eigenvalue weighted by molar-refractivity contribution is -0.128. The molecule has 2 saturated carbocycles. The second kappa shape index (κ2) is 9.74. The second-order valence-corrected chi connectivity index (χ2v) is 12.1. The fourth-order valence-corrected chi connectivity index (χ4v) is 7.47. The lowest BCUT2D eigenvalue weighted by atomic mass is 9.84. The number of carbonyl (C=O) groups excluding carboxylic acids is 2. The normalized spacial score (nSPS) is 26.8. The SMILES string of the molecule is CC(NS(=O)(=O)c1ccc(NC(=O)C2CC(=O)N(Cc3ccccc3)C2)cc1)C1CC2CCC1C2. The number of hydrogen-bond donors (Lipinski definition) is 2. The Labute approximate surface area is 207 Å². The van der Waals surface area contributed by atoms with E-state index in [1.807, 2.05) is 37.3 Å². The number of benzene rings is 2. The van der Waals surface area contributed by atoms with Crippen LogP contribution < -0.4 is 10.0 Å². The molecule has 186 valence electrons. The van der Waals surface area contributed by atoms with Crippen molar-refractivity contribution in [3.63, 3.8) is 0 Å². The summed E-state index contributed by atoms with van der Waals surface area (Å²) in [5.74, 6) is 1.12. The summed E-state index contributed by atoms with van der Waals surface area (Å²) in [6.07, 6.45) is 5.03. The minimum atomic E-state index is -3.63. The number of fused-ring (bicyclic) bond motifs is 2. The van der Waals surface area contributed by atoms with Crippen LogP contribution >= 0.6 is 0 Å². The fraction of sp³-hybridized carbons (Fsp3) is 0.481. The van der Waals surface area contributed by atoms with Crippen molar-refractivity contribution < 1.29 is 18.0 Å². The van der Waals surface area contributed by atoms with Crippen molar-refractivity contribution in [2.24, 2.45) is 23.7 Å². The molecule has 35 heavy (non-hydrogen) atoms. The summed E-state index contributed by atoms with van der Waals surface area (Å²) >= 11 is 0. The third-order valence-corrected chi connectivity index (χ3v) is 9.58. The minimum Gasteiger partial charge on any atom is -0.338 e. The van der Waals surface area contributed by atoms with Crippen LogP contribution in [0.3, 0.4) is 0 Å². The zero-order valence-electron chi connectivity index (χ0n) is 20.0. The molecule has 0 aromatic heterocycles. The highest BCUT2D eigenvalue weighted by Gasteiger charge is 2.42. The monoisotopic (exact) mass is 495 g/mol. The molecule has 0 radical (unpaired) electrons. The summed E-state index contributed by atoms with van der Waals surface area (Å²) in [4.78, 5) is 27.1. The molecule has 8 heteroatoms. The van der Waals surface area contributed by atoms with Crippen LogP contribution in [0.2, 0.25) is 0 Å². The quantitative estimate of drug-likeness (QED) is 0.583. The number of rotatable bonds is 8. The van der Waals surface area contributed by atoms with Crippen LogP contribution in [-0.4, -0.2) is 37.7 Å². The molecule has 5 rings (SSSR count). The Morgan fingerprint density at radius 3 is 2.46 bits per heavy atom. The topological polar surface area (TPSA) is 95.6 Å². The molecular weight excluding hydrogens is 462 g/mol. The van der Waals surface area contributed by atoms with E-state index in [4.69, 9.17) is 0 Å². The Bertz CT molecular complexity index is 1180. The predicted molar refractivity (Wildman–Crippen MR) is 134 cm³/mol. The van der Waals surface area contributed by atoms with E-state index in [2.05, 4.69) is 10.0 Å². The van der Waals surface area contributed by atoms with Gasteiger partial charge < -0.3 is 10.2 Å². The van der Waals surface area contributed by atoms with Crippen LogP contribution in [0, 0.1) is 23.7 Å². The number of nitrogens with one attached hydrogen (secondary N) is 2. The van der Waals surface area contributed by atoms with Gasteiger partial charge in [0.2, 0.25) is 21.8 Å². The van der Waals surface area contributed by atoms with E-state index in [0.717, 1.165) is 17.9 Å². The van der Waals surface area contributed by atoms with Crippen molar-refractivity contribution in [1.29, 1.82) is 0 Å². The lowest BCUT2D eigenvalue weighted by Crippen LogP contribution is -2.40. The Balaban J connectivity index is 1.16. The largest absolute Gasteiger partial charge is 0.338 e. The highest BCUT2D eigenvalue weighted by molar-refractivity contribution is 7.89. The number of hydrogen-bond acceptors (Lipinski definition) is 4. The van der Waals surface area contributed by atoms with E-state index in [0.29, 0.717) is 30.6 Å². The Kier molecular flexibility index (Phi) is 6.68. The van der Waals surface area contributed by atoms with Crippen LogP contribution in [0.5, 0.6) is 0 Å². The van der Waals surface area contributed by atoms with Crippen molar-refractivity contribution in [2.75, 3.05) is 11.9 Å². The van der Waals surface area contributed by atoms with Gasteiger partial charge in [-0.1, -0.05) is 36.8 Å². The molecule has 1 saturated heterocycles. The maximum Gasteiger partial charge on any atom is 0.240 e. The van der Waals surface area contributed by atoms with Gasteiger partial charge in [0.15, 0.2) is 0 Å². The fourth-order valence-electron chi connectivity index (χ4n) is 6.17. The van der Waals surface area contributed by atoms with Crippen LogP contribution in [0.15, 0.2) is 59.5 Å². The van der Waals surface area contributed by atoms with E-state index in [9.17, 15) is 18.0 Å². The van der Waals surface area contributed by atoms with Crippen molar-refractivity contribution >= 4 is 27.5 Å². The highest BCUT2D eigenvalue weighted by Crippen LogP contribution is 2.49. The molecular formula is C27H33N3O4S. The molecule has 2 bridgehead atoms. The van der Waals surface area contributed by atoms with Gasteiger partial charge in [-0.05, 0) is 73.8 Å². The van der Waals surface area contributed by atoms with Crippen molar-refractivity contribution in [3.8, 4) is 0 Å². The summed E-state index contributed by atoms with van der Waals surface area (Å²) in [6.45, 7) is 2.84. The Morgan fingerprint density at radius 2 is 1.80 bits per heavy atom. The average Bonchev–Trinajstić information content (AvgIpc) is 3.56. The molecule has 2 amide bonds. The summed E-state index contributed by atoms with van der Waals surface area (Å²) in [5.41, 5.74) is 1.55. The van der Waals surface area contributed by atoms with E-state index >= 15 is 0 Å². The number of amides is 2. The minimum absolute atomic E-state index is 0.0360. The third kappa shape index (κ3) is 5.28. The van der Waals surface area contributed by atoms with Gasteiger partial charge in [-0.2, -0.15) is 0 Å². The molecule has 2 aliphatic carbocycles. The van der Waals surface area contributed by atoms with Crippen LogP contribution in [-0.2, 0) is 26.2 Å². The van der Waals surface area contributed by atoms with Crippen LogP contribution in [0.1, 0.15) is 44.6 Å². The molecule has 2 N–H and O–H groups in total. The van der Waals surface area contributed by atoms with Gasteiger partial charge in [0.1, 0.15) is 0 Å². The average molecular weight is 496 g/mol. The van der Waals surface area contributed by atoms with Crippen LogP contribution in [0.4, 0.5) is 5.69 Å². The zero-order chi connectivity index (χ0) is 24.6. The molecule has 1 heterocycles. The van der Waals surface area contributed by atoms with Crippen molar-refractivity contribution in [3.05, 3.63) is 60.2 Å². The van der Waals surface area contributed by atoms with Gasteiger partial charge in [-0.3, -0.25) is 9.59 Å². The van der Waals surface area contributed by atoms with Crippen LogP contribution in [0.25, 0.3) is 0 Å². The van der Waals surface area contributed by atoms with Gasteiger partial charge in [0, 0.05) is 31.2 Å². The van der Waals surface area contributed by atoms with Gasteiger partial charge in [0.05, 0.1) is 10.8 Å². The molecule has 3 aliphatic rings. The molecule has 2 aromatic rings. The van der Waals surface area contributed by atoms with Crippen molar-refractivity contribution in [1.82, 2.24) is 9.62 Å². The first-order valence-corrected chi connectivity index (χ1v) is 14.0. The number of nitrogens with zero attached hydrogens (tertiary/aromatic N) is 1. The first kappa shape index (κ1) is 24.0. The lowest BCUT2D eigenvalue weighted by Gasteiger charge is -2.28. The molecule has 2 aromatic carbocycles. The molecule has 7 nitrogen and oxygen atoms in total. The van der Waals surface area contributed by atoms with Gasteiger partial charge >= 0.3 is 0 Å². The second-order valence-electron chi connectivity index (χ2n) is 10.4. The number of carbonyl (C=O) groups is 2. The van der Waals surface area contributed by atoms with Crippen molar-refractivity contribution in [2.45, 2.75) is 56.5 Å². The third-order valence-electron chi connectivity index (χ3n) is 8.01. The Morgan fingerprint density at radius 1 is 1.06 bits per heavy atom. The molecule has 3 fully saturated rings. The highest BCUT2D eigenvalue weighted by atomic mass is 32.2. The van der Waals surface area contributed by atoms with Gasteiger partial charge in [0.25, 0.3) is 0 Å². The van der Waals surface area contributed by atoms with E-state index in [1.165, 1.54) is 31.4 Å². The Hall–Kier alpha value is -2.71. The first-order chi connectivity index (χ1) is 16.8. The maximum absolute atomic E-state index is 12.9. The van der Waals surface area contributed by atoms with E-state index in [-0.39, 0.29) is 29.2 Å². The molecule has 1 aliphatic heterocycles. The number of anilines is 1. The van der Waals surface area contributed by atoms with E-state index in [1.54, 1.807) is 17.0 Å². The zero-order valence-corrected chi connectivity index (χ0v) is 20.8. The maximum atomic E-state index is 12.9. The smallest absolute Gasteiger partial charge is 0.240 e. The van der Waals surface area contributed by atoms with Gasteiger partial charge in [-0.15, -0.1) is 0 Å². The summed E-state index contributed by atoms with van der Waals surface area (Å²) in [6, 6.07) is 15.9. The predicted octanol–water partition coefficient (Wildman–Crippen LogP) is 3.78. The molecule has 5 atom stereocenters. The first-order valence-electron chi connectivity index (χ1n) is 12.5. The molecule has 5 unspecified atom stereocenters. The standard InChI is InChI=1S/C27H33N3O4S/c1-18(25-14-20-7-8-21(25)13-20)29-35(33,34)24-11-9-23(10-12-24)28-27(32)22-15-26(31)30(17-22)16-19-5-3-2-4-6-19/h2-6,9-12,18,20-22,25,29H,7-8,13-17H2,1H3,(H,28,32). The number of likely N-dealkylation sites (tertiary alicyclic amines) is 1. The molecule has 0 spiro atoms. The van der Waals surface area contributed by atoms with E-state index < -0.39 is 15.9 Å². The summed E-state index contributed by atoms with van der Waals surface area (Å²) in [5, 5.41) is 2.84. The summed E-state index contributed by atoms with van der Waals surface area (Å²) < 4.78 is 28.7.